The van der Waals surface area contributed by atoms with Crippen molar-refractivity contribution >= 4 is 5.69 Å². The molecule has 0 saturated carbocycles. The van der Waals surface area contributed by atoms with E-state index in [2.05, 4.69) is 5.92 Å². The van der Waals surface area contributed by atoms with E-state index in [0.717, 1.165) is 5.56 Å². The lowest BCUT2D eigenvalue weighted by Crippen LogP contribution is -1.93. The molecular weight excluding hydrogens is 154 g/mol. The predicted octanol–water partition coefficient (Wildman–Crippen LogP) is 1.88. The first kappa shape index (κ1) is 8.28. The van der Waals surface area contributed by atoms with Gasteiger partial charge in [-0.1, -0.05) is 18.1 Å². The Morgan fingerprint density at radius 2 is 2.25 bits per heavy atom. The summed E-state index contributed by atoms with van der Waals surface area (Å²) in [7, 11) is 0. The zero-order valence-electron chi connectivity index (χ0n) is 6.57. The van der Waals surface area contributed by atoms with Gasteiger partial charge in [0, 0.05) is 6.07 Å². The summed E-state index contributed by atoms with van der Waals surface area (Å²) in [6.45, 7) is 1.75. The van der Waals surface area contributed by atoms with Crippen molar-refractivity contribution in [3.05, 3.63) is 39.4 Å². The van der Waals surface area contributed by atoms with E-state index in [0.29, 0.717) is 5.56 Å². The molecule has 0 aliphatic heterocycles. The van der Waals surface area contributed by atoms with Crippen molar-refractivity contribution in [3.63, 3.8) is 0 Å². The second-order valence-electron chi connectivity index (χ2n) is 2.37. The highest BCUT2D eigenvalue weighted by molar-refractivity contribution is 5.54. The van der Waals surface area contributed by atoms with Crippen molar-refractivity contribution < 1.29 is 4.92 Å². The Balaban J connectivity index is 3.40. The summed E-state index contributed by atoms with van der Waals surface area (Å²) in [4.78, 5) is 9.97. The Bertz CT molecular complexity index is 363. The van der Waals surface area contributed by atoms with Gasteiger partial charge in [0.15, 0.2) is 0 Å². The molecule has 0 saturated heterocycles. The molecule has 0 atom stereocenters. The summed E-state index contributed by atoms with van der Waals surface area (Å²) in [5.74, 6) is 2.30. The van der Waals surface area contributed by atoms with E-state index < -0.39 is 4.92 Å². The number of benzene rings is 1. The first-order valence-electron chi connectivity index (χ1n) is 3.37. The van der Waals surface area contributed by atoms with Crippen molar-refractivity contribution in [2.24, 2.45) is 0 Å². The van der Waals surface area contributed by atoms with Gasteiger partial charge in [-0.05, 0) is 12.5 Å². The van der Waals surface area contributed by atoms with Crippen LogP contribution in [0.3, 0.4) is 0 Å². The average Bonchev–Trinajstić information content (AvgIpc) is 2.03. The van der Waals surface area contributed by atoms with Crippen LogP contribution in [0, 0.1) is 29.4 Å². The molecule has 12 heavy (non-hydrogen) atoms. The normalized spacial score (nSPS) is 9.00. The molecule has 0 aliphatic carbocycles. The Morgan fingerprint density at radius 1 is 1.58 bits per heavy atom. The third-order valence-corrected chi connectivity index (χ3v) is 1.59. The highest BCUT2D eigenvalue weighted by Crippen LogP contribution is 2.19. The molecule has 3 nitrogen and oxygen atoms in total. The number of terminal acetylenes is 1. The van der Waals surface area contributed by atoms with E-state index in [4.69, 9.17) is 6.42 Å². The Morgan fingerprint density at radius 3 is 2.67 bits per heavy atom. The van der Waals surface area contributed by atoms with Gasteiger partial charge in [-0.2, -0.15) is 0 Å². The molecule has 0 aromatic heterocycles. The van der Waals surface area contributed by atoms with E-state index in [-0.39, 0.29) is 5.69 Å². The van der Waals surface area contributed by atoms with Crippen LogP contribution in [0.2, 0.25) is 0 Å². The van der Waals surface area contributed by atoms with Crippen LogP contribution in [0.1, 0.15) is 11.1 Å². The molecule has 0 radical (unpaired) electrons. The molecule has 0 spiro atoms. The number of nitrogens with zero attached hydrogens (tertiary/aromatic N) is 1. The van der Waals surface area contributed by atoms with Gasteiger partial charge in [0.2, 0.25) is 0 Å². The van der Waals surface area contributed by atoms with Gasteiger partial charge in [0.1, 0.15) is 5.56 Å². The summed E-state index contributed by atoms with van der Waals surface area (Å²) in [6.07, 6.45) is 5.13. The number of nitro groups is 1. The summed E-state index contributed by atoms with van der Waals surface area (Å²) >= 11 is 0. The summed E-state index contributed by atoms with van der Waals surface area (Å²) in [6, 6.07) is 4.78. The fourth-order valence-corrected chi connectivity index (χ4v) is 0.992. The fourth-order valence-electron chi connectivity index (χ4n) is 0.992. The van der Waals surface area contributed by atoms with Gasteiger partial charge in [-0.3, -0.25) is 10.1 Å². The molecule has 0 N–H and O–H groups in total. The minimum atomic E-state index is -0.470. The minimum Gasteiger partial charge on any atom is -0.258 e. The molecule has 0 aliphatic rings. The Hall–Kier alpha value is -1.82. The standard InChI is InChI=1S/C9H7NO2/c1-3-8-7(2)5-4-6-9(8)10(11)12/h1,4-6H,2H3. The van der Waals surface area contributed by atoms with E-state index in [1.165, 1.54) is 6.07 Å². The number of hydrogen-bond donors (Lipinski definition) is 0. The number of aryl methyl sites for hydroxylation is 1. The van der Waals surface area contributed by atoms with Crippen LogP contribution in [-0.2, 0) is 0 Å². The molecule has 1 aromatic rings. The maximum absolute atomic E-state index is 10.4. The summed E-state index contributed by atoms with van der Waals surface area (Å²) in [5.41, 5.74) is 1.12. The summed E-state index contributed by atoms with van der Waals surface area (Å²) < 4.78 is 0. The van der Waals surface area contributed by atoms with Gasteiger partial charge in [0.25, 0.3) is 5.69 Å². The highest BCUT2D eigenvalue weighted by atomic mass is 16.6. The van der Waals surface area contributed by atoms with Crippen molar-refractivity contribution in [2.75, 3.05) is 0 Å². The topological polar surface area (TPSA) is 43.1 Å². The monoisotopic (exact) mass is 161 g/mol. The molecule has 3 heteroatoms. The minimum absolute atomic E-state index is 0.00231. The third-order valence-electron chi connectivity index (χ3n) is 1.59. The van der Waals surface area contributed by atoms with E-state index in [1.807, 2.05) is 0 Å². The Kier molecular flexibility index (Phi) is 2.11. The lowest BCUT2D eigenvalue weighted by molar-refractivity contribution is -0.385. The molecule has 0 fully saturated rings. The summed E-state index contributed by atoms with van der Waals surface area (Å²) in [5, 5.41) is 10.4. The lowest BCUT2D eigenvalue weighted by atomic mass is 10.1. The number of hydrogen-bond acceptors (Lipinski definition) is 2. The SMILES string of the molecule is C#Cc1c(C)cccc1[N+](=O)[O-]. The molecule has 0 heterocycles. The van der Waals surface area contributed by atoms with E-state index >= 15 is 0 Å². The van der Waals surface area contributed by atoms with Crippen LogP contribution in [0.5, 0.6) is 0 Å². The molecule has 0 bridgehead atoms. The van der Waals surface area contributed by atoms with E-state index in [9.17, 15) is 10.1 Å². The fraction of sp³-hybridized carbons (Fsp3) is 0.111. The molecule has 0 unspecified atom stereocenters. The predicted molar refractivity (Wildman–Crippen MR) is 45.8 cm³/mol. The maximum atomic E-state index is 10.4. The van der Waals surface area contributed by atoms with Crippen LogP contribution < -0.4 is 0 Å². The quantitative estimate of drug-likeness (QED) is 0.358. The number of nitro benzene ring substituents is 1. The van der Waals surface area contributed by atoms with Crippen molar-refractivity contribution in [1.29, 1.82) is 0 Å². The van der Waals surface area contributed by atoms with E-state index in [1.54, 1.807) is 19.1 Å². The highest BCUT2D eigenvalue weighted by Gasteiger charge is 2.12. The molecule has 60 valence electrons. The molecule has 1 aromatic carbocycles. The Labute approximate surface area is 70.2 Å². The second kappa shape index (κ2) is 3.05. The first-order valence-corrected chi connectivity index (χ1v) is 3.37. The average molecular weight is 161 g/mol. The third kappa shape index (κ3) is 1.28. The van der Waals surface area contributed by atoms with Crippen LogP contribution >= 0.6 is 0 Å². The smallest absolute Gasteiger partial charge is 0.258 e. The first-order chi connectivity index (χ1) is 5.66. The second-order valence-corrected chi connectivity index (χ2v) is 2.37. The zero-order chi connectivity index (χ0) is 9.14. The largest absolute Gasteiger partial charge is 0.285 e. The van der Waals surface area contributed by atoms with Gasteiger partial charge in [0.05, 0.1) is 4.92 Å². The molecule has 0 amide bonds. The molecular formula is C9H7NO2. The number of rotatable bonds is 1. The lowest BCUT2D eigenvalue weighted by Gasteiger charge is -1.97. The van der Waals surface area contributed by atoms with Gasteiger partial charge >= 0.3 is 0 Å². The van der Waals surface area contributed by atoms with Gasteiger partial charge in [-0.25, -0.2) is 0 Å². The zero-order valence-corrected chi connectivity index (χ0v) is 6.57. The van der Waals surface area contributed by atoms with Gasteiger partial charge in [-0.15, -0.1) is 6.42 Å². The van der Waals surface area contributed by atoms with Crippen LogP contribution in [0.25, 0.3) is 0 Å². The van der Waals surface area contributed by atoms with Crippen LogP contribution in [0.15, 0.2) is 18.2 Å². The van der Waals surface area contributed by atoms with Crippen molar-refractivity contribution in [2.45, 2.75) is 6.92 Å². The van der Waals surface area contributed by atoms with Crippen molar-refractivity contribution in [3.8, 4) is 12.3 Å². The maximum Gasteiger partial charge on any atom is 0.285 e. The van der Waals surface area contributed by atoms with Crippen molar-refractivity contribution in [1.82, 2.24) is 0 Å². The van der Waals surface area contributed by atoms with Crippen LogP contribution in [0.4, 0.5) is 5.69 Å². The molecule has 1 rings (SSSR count). The van der Waals surface area contributed by atoms with Crippen LogP contribution in [-0.4, -0.2) is 4.92 Å². The van der Waals surface area contributed by atoms with Gasteiger partial charge < -0.3 is 0 Å².